The number of hydrogen-bond acceptors (Lipinski definition) is 4. The van der Waals surface area contributed by atoms with Crippen LogP contribution < -0.4 is 10.4 Å². The van der Waals surface area contributed by atoms with E-state index in [1.807, 2.05) is 0 Å². The first-order chi connectivity index (χ1) is 6.63. The molecule has 0 aromatic carbocycles. The third kappa shape index (κ3) is 2.58. The largest absolute Gasteiger partial charge is 0.482 e. The van der Waals surface area contributed by atoms with Gasteiger partial charge in [-0.2, -0.15) is 0 Å². The molecule has 0 fully saturated rings. The fourth-order valence-electron chi connectivity index (χ4n) is 1.01. The Morgan fingerprint density at radius 2 is 2.43 bits per heavy atom. The first kappa shape index (κ1) is 10.2. The van der Waals surface area contributed by atoms with E-state index in [0.717, 1.165) is 0 Å². The molecular formula is C8H10N2O4. The van der Waals surface area contributed by atoms with Gasteiger partial charge < -0.3 is 9.84 Å². The van der Waals surface area contributed by atoms with Crippen LogP contribution >= 0.6 is 0 Å². The van der Waals surface area contributed by atoms with Gasteiger partial charge in [-0.3, -0.25) is 9.78 Å². The molecule has 0 spiro atoms. The second-order valence-corrected chi connectivity index (χ2v) is 2.64. The Labute approximate surface area is 79.6 Å². The van der Waals surface area contributed by atoms with Crippen LogP contribution in [0.25, 0.3) is 0 Å². The van der Waals surface area contributed by atoms with Crippen molar-refractivity contribution in [3.8, 4) is 5.88 Å². The molecule has 0 atom stereocenters. The topological polar surface area (TPSA) is 92.3 Å². The molecule has 2 N–H and O–H groups in total. The molecule has 1 rings (SSSR count). The number of aliphatic carboxylic acids is 1. The number of rotatable bonds is 4. The summed E-state index contributed by atoms with van der Waals surface area (Å²) in [6, 6.07) is 0. The van der Waals surface area contributed by atoms with E-state index in [1.165, 1.54) is 13.3 Å². The van der Waals surface area contributed by atoms with E-state index in [-0.39, 0.29) is 18.7 Å². The lowest BCUT2D eigenvalue weighted by atomic mass is 10.2. The standard InChI is InChI=1S/C8H10N2O4/c1-14-7-5(2-3-6(11)12)4-9-8(13)10-7/h4H,2-3H2,1H3,(H,11,12)(H,9,10,13). The molecule has 1 aromatic heterocycles. The molecule has 0 aliphatic carbocycles. The Kier molecular flexibility index (Phi) is 3.22. The van der Waals surface area contributed by atoms with Crippen molar-refractivity contribution in [1.82, 2.24) is 9.97 Å². The minimum Gasteiger partial charge on any atom is -0.482 e. The number of nitrogens with one attached hydrogen (secondary N) is 1. The number of aryl methyl sites for hydroxylation is 1. The van der Waals surface area contributed by atoms with Crippen molar-refractivity contribution in [2.75, 3.05) is 7.11 Å². The number of nitrogens with zero attached hydrogens (tertiary/aromatic N) is 1. The van der Waals surface area contributed by atoms with Gasteiger partial charge in [0.15, 0.2) is 5.88 Å². The number of hydrogen-bond donors (Lipinski definition) is 2. The Bertz CT molecular complexity index is 385. The molecule has 0 saturated heterocycles. The first-order valence-corrected chi connectivity index (χ1v) is 3.97. The molecule has 0 bridgehead atoms. The van der Waals surface area contributed by atoms with Crippen molar-refractivity contribution in [3.05, 3.63) is 22.2 Å². The van der Waals surface area contributed by atoms with Gasteiger partial charge in [0.1, 0.15) is 0 Å². The number of aromatic amines is 1. The van der Waals surface area contributed by atoms with Crippen molar-refractivity contribution in [2.24, 2.45) is 0 Å². The molecule has 0 aliphatic rings. The summed E-state index contributed by atoms with van der Waals surface area (Å²) in [6.07, 6.45) is 1.58. The number of carbonyl (C=O) groups is 1. The summed E-state index contributed by atoms with van der Waals surface area (Å²) in [5.74, 6) is -0.635. The average Bonchev–Trinajstić information content (AvgIpc) is 2.15. The van der Waals surface area contributed by atoms with Gasteiger partial charge in [-0.15, -0.1) is 0 Å². The number of H-pyrrole nitrogens is 1. The average molecular weight is 198 g/mol. The summed E-state index contributed by atoms with van der Waals surface area (Å²) in [6.45, 7) is 0. The van der Waals surface area contributed by atoms with Gasteiger partial charge in [-0.25, -0.2) is 9.78 Å². The zero-order valence-corrected chi connectivity index (χ0v) is 7.61. The summed E-state index contributed by atoms with van der Waals surface area (Å²) in [5.41, 5.74) is 0.0652. The molecule has 0 amide bonds. The van der Waals surface area contributed by atoms with Crippen LogP contribution in [0.15, 0.2) is 11.0 Å². The maximum atomic E-state index is 10.8. The summed E-state index contributed by atoms with van der Waals surface area (Å²) < 4.78 is 4.87. The zero-order chi connectivity index (χ0) is 10.6. The summed E-state index contributed by atoms with van der Waals surface area (Å²) >= 11 is 0. The number of ether oxygens (including phenoxy) is 1. The smallest absolute Gasteiger partial charge is 0.347 e. The molecule has 0 radical (unpaired) electrons. The van der Waals surface area contributed by atoms with E-state index in [2.05, 4.69) is 9.97 Å². The van der Waals surface area contributed by atoms with Crippen molar-refractivity contribution in [1.29, 1.82) is 0 Å². The highest BCUT2D eigenvalue weighted by atomic mass is 16.5. The third-order valence-electron chi connectivity index (χ3n) is 1.66. The van der Waals surface area contributed by atoms with Gasteiger partial charge in [0.05, 0.1) is 7.11 Å². The van der Waals surface area contributed by atoms with E-state index in [1.54, 1.807) is 0 Å². The van der Waals surface area contributed by atoms with Crippen LogP contribution in [0.1, 0.15) is 12.0 Å². The predicted octanol–water partition coefficient (Wildman–Crippen LogP) is -0.204. The minimum absolute atomic E-state index is 0.0237. The lowest BCUT2D eigenvalue weighted by Gasteiger charge is -2.04. The predicted molar refractivity (Wildman–Crippen MR) is 47.4 cm³/mol. The van der Waals surface area contributed by atoms with Crippen LogP contribution in [0, 0.1) is 0 Å². The number of methoxy groups -OCH3 is 1. The fourth-order valence-corrected chi connectivity index (χ4v) is 1.01. The molecule has 1 aromatic rings. The molecule has 6 nitrogen and oxygen atoms in total. The molecule has 14 heavy (non-hydrogen) atoms. The number of aromatic nitrogens is 2. The molecule has 76 valence electrons. The molecule has 0 aliphatic heterocycles. The summed E-state index contributed by atoms with van der Waals surface area (Å²) in [7, 11) is 1.40. The van der Waals surface area contributed by atoms with Gasteiger partial charge >= 0.3 is 11.7 Å². The van der Waals surface area contributed by atoms with Crippen LogP contribution in [-0.2, 0) is 11.2 Å². The van der Waals surface area contributed by atoms with Crippen LogP contribution in [0.5, 0.6) is 5.88 Å². The second-order valence-electron chi connectivity index (χ2n) is 2.64. The Hall–Kier alpha value is -1.85. The van der Waals surface area contributed by atoms with Crippen LogP contribution in [0.4, 0.5) is 0 Å². The highest BCUT2D eigenvalue weighted by molar-refractivity contribution is 5.67. The highest BCUT2D eigenvalue weighted by Gasteiger charge is 2.06. The van der Waals surface area contributed by atoms with E-state index < -0.39 is 11.7 Å². The SMILES string of the molecule is COc1[nH]c(=O)ncc1CCC(=O)O. The lowest BCUT2D eigenvalue weighted by molar-refractivity contribution is -0.136. The maximum Gasteiger partial charge on any atom is 0.347 e. The minimum atomic E-state index is -0.904. The lowest BCUT2D eigenvalue weighted by Crippen LogP contribution is -2.13. The van der Waals surface area contributed by atoms with Crippen molar-refractivity contribution < 1.29 is 14.6 Å². The van der Waals surface area contributed by atoms with Crippen molar-refractivity contribution in [2.45, 2.75) is 12.8 Å². The first-order valence-electron chi connectivity index (χ1n) is 3.97. The Balaban J connectivity index is 2.85. The van der Waals surface area contributed by atoms with E-state index in [4.69, 9.17) is 9.84 Å². The van der Waals surface area contributed by atoms with Crippen molar-refractivity contribution >= 4 is 5.97 Å². The molecule has 1 heterocycles. The molecule has 6 heteroatoms. The van der Waals surface area contributed by atoms with Crippen LogP contribution in [-0.4, -0.2) is 28.2 Å². The van der Waals surface area contributed by atoms with Gasteiger partial charge in [0.2, 0.25) is 0 Å². The Morgan fingerprint density at radius 1 is 1.71 bits per heavy atom. The zero-order valence-electron chi connectivity index (χ0n) is 7.61. The highest BCUT2D eigenvalue weighted by Crippen LogP contribution is 2.12. The van der Waals surface area contributed by atoms with Crippen molar-refractivity contribution in [3.63, 3.8) is 0 Å². The normalized spacial score (nSPS) is 9.79. The maximum absolute atomic E-state index is 10.8. The summed E-state index contributed by atoms with van der Waals surface area (Å²) in [4.78, 5) is 26.9. The van der Waals surface area contributed by atoms with Crippen LogP contribution in [0.3, 0.4) is 0 Å². The summed E-state index contributed by atoms with van der Waals surface area (Å²) in [5, 5.41) is 8.46. The van der Waals surface area contributed by atoms with Gasteiger partial charge in [0.25, 0.3) is 0 Å². The van der Waals surface area contributed by atoms with Gasteiger partial charge in [0, 0.05) is 18.2 Å². The molecule has 0 saturated carbocycles. The fraction of sp³-hybridized carbons (Fsp3) is 0.375. The van der Waals surface area contributed by atoms with E-state index >= 15 is 0 Å². The quantitative estimate of drug-likeness (QED) is 0.698. The second kappa shape index (κ2) is 4.40. The van der Waals surface area contributed by atoms with Crippen LogP contribution in [0.2, 0.25) is 0 Å². The van der Waals surface area contributed by atoms with E-state index in [0.29, 0.717) is 5.56 Å². The number of carboxylic acid groups (broad SMARTS) is 1. The Morgan fingerprint density at radius 3 is 3.00 bits per heavy atom. The molecular weight excluding hydrogens is 188 g/mol. The van der Waals surface area contributed by atoms with Gasteiger partial charge in [-0.05, 0) is 6.42 Å². The van der Waals surface area contributed by atoms with E-state index in [9.17, 15) is 9.59 Å². The monoisotopic (exact) mass is 198 g/mol. The van der Waals surface area contributed by atoms with Gasteiger partial charge in [-0.1, -0.05) is 0 Å². The molecule has 0 unspecified atom stereocenters. The number of carboxylic acids is 1. The third-order valence-corrected chi connectivity index (χ3v) is 1.66.